The van der Waals surface area contributed by atoms with E-state index in [1.54, 1.807) is 0 Å². The number of piperazine rings is 1. The summed E-state index contributed by atoms with van der Waals surface area (Å²) in [5.41, 5.74) is 1.58. The molecular weight excluding hydrogens is 260 g/mol. The van der Waals surface area contributed by atoms with Crippen molar-refractivity contribution < 1.29 is 0 Å². The molecule has 1 aromatic heterocycles. The molecule has 2 rings (SSSR count). The maximum absolute atomic E-state index is 4.77. The summed E-state index contributed by atoms with van der Waals surface area (Å²) >= 11 is 0. The summed E-state index contributed by atoms with van der Waals surface area (Å²) in [6, 6.07) is 2.66. The number of nitrogens with zero attached hydrogens (tertiary/aromatic N) is 3. The van der Waals surface area contributed by atoms with Crippen molar-refractivity contribution in [2.45, 2.75) is 78.0 Å². The molecule has 0 radical (unpaired) electrons. The Morgan fingerprint density at radius 3 is 2.67 bits per heavy atom. The molecule has 1 aromatic rings. The van der Waals surface area contributed by atoms with Crippen molar-refractivity contribution in [3.8, 4) is 0 Å². The molecule has 2 heterocycles. The van der Waals surface area contributed by atoms with Crippen molar-refractivity contribution in [1.29, 1.82) is 0 Å². The number of hydrogen-bond donors (Lipinski definition) is 1. The average Bonchev–Trinajstić information content (AvgIpc) is 2.91. The van der Waals surface area contributed by atoms with Gasteiger partial charge in [0.2, 0.25) is 0 Å². The summed E-state index contributed by atoms with van der Waals surface area (Å²) in [6.07, 6.45) is 4.40. The monoisotopic (exact) mass is 292 g/mol. The maximum Gasteiger partial charge on any atom is 0.0765 e. The SMILES string of the molecule is CCC(C)n1ccc(CN2CC(C)(CC)NCC2(C)C)n1. The fraction of sp³-hybridized carbons (Fsp3) is 0.824. The third-order valence-corrected chi connectivity index (χ3v) is 5.18. The molecule has 4 nitrogen and oxygen atoms in total. The summed E-state index contributed by atoms with van der Waals surface area (Å²) in [5, 5.41) is 8.49. The van der Waals surface area contributed by atoms with E-state index in [1.165, 1.54) is 5.69 Å². The molecule has 120 valence electrons. The average molecular weight is 292 g/mol. The first-order chi connectivity index (χ1) is 9.79. The van der Waals surface area contributed by atoms with Gasteiger partial charge in [-0.25, -0.2) is 0 Å². The van der Waals surface area contributed by atoms with E-state index in [1.807, 2.05) is 0 Å². The van der Waals surface area contributed by atoms with E-state index in [0.717, 1.165) is 32.5 Å². The highest BCUT2D eigenvalue weighted by molar-refractivity contribution is 5.05. The van der Waals surface area contributed by atoms with Crippen LogP contribution in [0.3, 0.4) is 0 Å². The molecule has 1 N–H and O–H groups in total. The van der Waals surface area contributed by atoms with Crippen LogP contribution in [-0.2, 0) is 6.54 Å². The third-order valence-electron chi connectivity index (χ3n) is 5.18. The zero-order chi connectivity index (χ0) is 15.7. The predicted octanol–water partition coefficient (Wildman–Crippen LogP) is 3.21. The molecule has 21 heavy (non-hydrogen) atoms. The van der Waals surface area contributed by atoms with Gasteiger partial charge < -0.3 is 5.32 Å². The van der Waals surface area contributed by atoms with Crippen LogP contribution in [0.5, 0.6) is 0 Å². The van der Waals surface area contributed by atoms with Crippen molar-refractivity contribution in [3.05, 3.63) is 18.0 Å². The molecule has 1 aliphatic rings. The van der Waals surface area contributed by atoms with Crippen LogP contribution in [0.25, 0.3) is 0 Å². The summed E-state index contributed by atoms with van der Waals surface area (Å²) in [5.74, 6) is 0. The Bertz CT molecular complexity index is 465. The standard InChI is InChI=1S/C17H32N4/c1-7-14(3)21-10-9-15(19-21)11-20-13-17(6,8-2)18-12-16(20,4)5/h9-10,14,18H,7-8,11-13H2,1-6H3. The minimum absolute atomic E-state index is 0.175. The van der Waals surface area contributed by atoms with Crippen molar-refractivity contribution >= 4 is 0 Å². The van der Waals surface area contributed by atoms with E-state index in [4.69, 9.17) is 5.10 Å². The second kappa shape index (κ2) is 6.09. The van der Waals surface area contributed by atoms with E-state index in [9.17, 15) is 0 Å². The van der Waals surface area contributed by atoms with Crippen LogP contribution < -0.4 is 5.32 Å². The molecule has 4 heteroatoms. The molecule has 2 atom stereocenters. The first-order valence-corrected chi connectivity index (χ1v) is 8.34. The quantitative estimate of drug-likeness (QED) is 0.904. The van der Waals surface area contributed by atoms with Gasteiger partial charge in [0.1, 0.15) is 0 Å². The van der Waals surface area contributed by atoms with Crippen molar-refractivity contribution in [1.82, 2.24) is 20.0 Å². The van der Waals surface area contributed by atoms with Crippen LogP contribution in [0.4, 0.5) is 0 Å². The van der Waals surface area contributed by atoms with Crippen LogP contribution in [0.2, 0.25) is 0 Å². The van der Waals surface area contributed by atoms with Gasteiger partial charge >= 0.3 is 0 Å². The Hall–Kier alpha value is -0.870. The van der Waals surface area contributed by atoms with Crippen LogP contribution in [0, 0.1) is 0 Å². The largest absolute Gasteiger partial charge is 0.308 e. The van der Waals surface area contributed by atoms with Gasteiger partial charge in [-0.3, -0.25) is 9.58 Å². The Morgan fingerprint density at radius 2 is 2.05 bits per heavy atom. The van der Waals surface area contributed by atoms with Crippen molar-refractivity contribution in [2.75, 3.05) is 13.1 Å². The van der Waals surface area contributed by atoms with Crippen LogP contribution in [0.15, 0.2) is 12.3 Å². The number of aromatic nitrogens is 2. The van der Waals surface area contributed by atoms with E-state index < -0.39 is 0 Å². The summed E-state index contributed by atoms with van der Waals surface area (Å²) in [4.78, 5) is 2.58. The van der Waals surface area contributed by atoms with Gasteiger partial charge in [0.05, 0.1) is 5.69 Å². The molecule has 0 spiro atoms. The van der Waals surface area contributed by atoms with Gasteiger partial charge in [-0.15, -0.1) is 0 Å². The van der Waals surface area contributed by atoms with E-state index in [0.29, 0.717) is 6.04 Å². The molecule has 0 bridgehead atoms. The zero-order valence-electron chi connectivity index (χ0n) is 14.6. The molecule has 0 aromatic carbocycles. The molecule has 1 aliphatic heterocycles. The van der Waals surface area contributed by atoms with Crippen LogP contribution in [0.1, 0.15) is 66.1 Å². The second-order valence-corrected chi connectivity index (χ2v) is 7.48. The van der Waals surface area contributed by atoms with E-state index >= 15 is 0 Å². The highest BCUT2D eigenvalue weighted by Crippen LogP contribution is 2.27. The predicted molar refractivity (Wildman–Crippen MR) is 88.4 cm³/mol. The lowest BCUT2D eigenvalue weighted by molar-refractivity contribution is 0.0235. The normalized spacial score (nSPS) is 27.7. The highest BCUT2D eigenvalue weighted by atomic mass is 15.3. The Labute approximate surface area is 129 Å². The fourth-order valence-corrected chi connectivity index (χ4v) is 2.83. The minimum Gasteiger partial charge on any atom is -0.308 e. The number of rotatable bonds is 5. The minimum atomic E-state index is 0.175. The Morgan fingerprint density at radius 1 is 1.33 bits per heavy atom. The first-order valence-electron chi connectivity index (χ1n) is 8.34. The third kappa shape index (κ3) is 3.67. The molecular formula is C17H32N4. The Balaban J connectivity index is 2.10. The van der Waals surface area contributed by atoms with Crippen molar-refractivity contribution in [3.63, 3.8) is 0 Å². The van der Waals surface area contributed by atoms with Gasteiger partial charge in [-0.2, -0.15) is 5.10 Å². The van der Waals surface area contributed by atoms with Gasteiger partial charge in [0.25, 0.3) is 0 Å². The van der Waals surface area contributed by atoms with Gasteiger partial charge in [-0.05, 0) is 46.6 Å². The second-order valence-electron chi connectivity index (χ2n) is 7.48. The van der Waals surface area contributed by atoms with Gasteiger partial charge in [0, 0.05) is 43.0 Å². The lowest BCUT2D eigenvalue weighted by Gasteiger charge is -2.50. The molecule has 0 saturated carbocycles. The summed E-state index contributed by atoms with van der Waals surface area (Å²) in [6.45, 7) is 16.7. The van der Waals surface area contributed by atoms with Crippen molar-refractivity contribution in [2.24, 2.45) is 0 Å². The molecule has 2 unspecified atom stereocenters. The number of hydrogen-bond acceptors (Lipinski definition) is 3. The lowest BCUT2D eigenvalue weighted by Crippen LogP contribution is -2.66. The summed E-state index contributed by atoms with van der Waals surface area (Å²) < 4.78 is 2.10. The topological polar surface area (TPSA) is 33.1 Å². The molecule has 0 aliphatic carbocycles. The summed E-state index contributed by atoms with van der Waals surface area (Å²) in [7, 11) is 0. The number of nitrogens with one attached hydrogen (secondary N) is 1. The van der Waals surface area contributed by atoms with Gasteiger partial charge in [-0.1, -0.05) is 13.8 Å². The highest BCUT2D eigenvalue weighted by Gasteiger charge is 2.39. The fourth-order valence-electron chi connectivity index (χ4n) is 2.83. The van der Waals surface area contributed by atoms with E-state index in [2.05, 4.69) is 68.7 Å². The van der Waals surface area contributed by atoms with E-state index in [-0.39, 0.29) is 11.1 Å². The van der Waals surface area contributed by atoms with Gasteiger partial charge in [0.15, 0.2) is 0 Å². The maximum atomic E-state index is 4.77. The van der Waals surface area contributed by atoms with Crippen LogP contribution in [-0.4, -0.2) is 38.8 Å². The molecule has 0 amide bonds. The Kier molecular flexibility index (Phi) is 4.79. The lowest BCUT2D eigenvalue weighted by atomic mass is 9.88. The molecule has 1 saturated heterocycles. The molecule has 1 fully saturated rings. The smallest absolute Gasteiger partial charge is 0.0765 e. The zero-order valence-corrected chi connectivity index (χ0v) is 14.6. The first kappa shape index (κ1) is 16.5. The van der Waals surface area contributed by atoms with Crippen LogP contribution >= 0.6 is 0 Å².